The molecule has 0 N–H and O–H groups in total. The van der Waals surface area contributed by atoms with E-state index in [9.17, 15) is 0 Å². The molecule has 0 fully saturated rings. The van der Waals surface area contributed by atoms with E-state index in [0.29, 0.717) is 0 Å². The van der Waals surface area contributed by atoms with Gasteiger partial charge in [0, 0.05) is 32.7 Å². The van der Waals surface area contributed by atoms with Gasteiger partial charge in [0.1, 0.15) is 0 Å². The second-order valence-electron chi connectivity index (χ2n) is 0.204. The molecule has 1 nitrogen and oxygen atoms in total. The standard InChI is InChI=1S/C2H3O.C2H5.Y/c1-2-3;1-2;/h1H3;1H2,2H3;/q2*-1;. The summed E-state index contributed by atoms with van der Waals surface area (Å²) in [5.41, 5.74) is 0. The van der Waals surface area contributed by atoms with Crippen LogP contribution >= 0.6 is 0 Å². The van der Waals surface area contributed by atoms with Gasteiger partial charge in [0.25, 0.3) is 0 Å². The molecule has 0 saturated carbocycles. The molecule has 0 aromatic heterocycles. The SMILES string of the molecule is C[C-]=O.[CH2-]C.[Y]. The molecule has 0 aliphatic rings. The molecule has 0 rings (SSSR count). The Bertz CT molecular complexity index is 15.0. The van der Waals surface area contributed by atoms with E-state index in [2.05, 4.69) is 6.92 Å². The van der Waals surface area contributed by atoms with Gasteiger partial charge in [-0.15, -0.1) is 0 Å². The maximum absolute atomic E-state index is 8.68. The van der Waals surface area contributed by atoms with Crippen LogP contribution in [-0.4, -0.2) is 6.29 Å². The molecule has 0 amide bonds. The van der Waals surface area contributed by atoms with Gasteiger partial charge in [-0.3, -0.25) is 6.29 Å². The molecule has 0 aromatic rings. The van der Waals surface area contributed by atoms with Crippen LogP contribution in [0.5, 0.6) is 0 Å². The van der Waals surface area contributed by atoms with Gasteiger partial charge in [0.2, 0.25) is 0 Å². The molecule has 1 radical (unpaired) electrons. The molecule has 0 bridgehead atoms. The third kappa shape index (κ3) is 114. The first kappa shape index (κ1) is 15.9. The van der Waals surface area contributed by atoms with Crippen LogP contribution in [0.3, 0.4) is 0 Å². The summed E-state index contributed by atoms with van der Waals surface area (Å²) in [7, 11) is 0. The van der Waals surface area contributed by atoms with Crippen LogP contribution in [0.1, 0.15) is 13.8 Å². The number of carbonyl (C=O) groups excluding carboxylic acids is 1. The Hall–Kier alpha value is 0.774. The average molecular weight is 161 g/mol. The molecule has 0 aliphatic carbocycles. The Balaban J connectivity index is -0.0000000275. The summed E-state index contributed by atoms with van der Waals surface area (Å²) in [6.07, 6.45) is 1.50. The Kier molecular flexibility index (Phi) is 111. The van der Waals surface area contributed by atoms with E-state index in [1.807, 2.05) is 0 Å². The molecular formula is C4H8OY-2. The molecular weight excluding hydrogens is 153 g/mol. The normalized spacial score (nSPS) is 3.17. The van der Waals surface area contributed by atoms with E-state index < -0.39 is 0 Å². The van der Waals surface area contributed by atoms with Crippen molar-refractivity contribution in [3.05, 3.63) is 6.92 Å². The fourth-order valence-electron chi connectivity index (χ4n) is 0. The van der Waals surface area contributed by atoms with Crippen molar-refractivity contribution < 1.29 is 37.5 Å². The quantitative estimate of drug-likeness (QED) is 0.483. The van der Waals surface area contributed by atoms with Crippen molar-refractivity contribution in [1.82, 2.24) is 0 Å². The monoisotopic (exact) mass is 161 g/mol. The summed E-state index contributed by atoms with van der Waals surface area (Å²) < 4.78 is 0. The molecule has 6 heavy (non-hydrogen) atoms. The molecule has 0 aliphatic heterocycles. The fourth-order valence-corrected chi connectivity index (χ4v) is 0. The first-order valence-electron chi connectivity index (χ1n) is 1.41. The van der Waals surface area contributed by atoms with Gasteiger partial charge >= 0.3 is 0 Å². The van der Waals surface area contributed by atoms with Gasteiger partial charge in [-0.25, -0.2) is 0 Å². The van der Waals surface area contributed by atoms with Gasteiger partial charge in [0.15, 0.2) is 0 Å². The Morgan fingerprint density at radius 2 is 1.50 bits per heavy atom. The van der Waals surface area contributed by atoms with Crippen molar-refractivity contribution in [3.8, 4) is 0 Å². The first-order chi connectivity index (χ1) is 2.41. The predicted molar refractivity (Wildman–Crippen MR) is 22.4 cm³/mol. The second-order valence-corrected chi connectivity index (χ2v) is 0.204. The number of hydrogen-bond donors (Lipinski definition) is 0. The fraction of sp³-hybridized carbons (Fsp3) is 0.500. The van der Waals surface area contributed by atoms with Crippen molar-refractivity contribution in [2.24, 2.45) is 0 Å². The zero-order chi connectivity index (χ0) is 4.71. The Morgan fingerprint density at radius 1 is 1.50 bits per heavy atom. The first-order valence-corrected chi connectivity index (χ1v) is 1.41. The van der Waals surface area contributed by atoms with Gasteiger partial charge in [-0.1, -0.05) is 0 Å². The van der Waals surface area contributed by atoms with Crippen molar-refractivity contribution in [1.29, 1.82) is 0 Å². The van der Waals surface area contributed by atoms with E-state index in [4.69, 9.17) is 4.79 Å². The minimum absolute atomic E-state index is 0. The van der Waals surface area contributed by atoms with Crippen molar-refractivity contribution in [2.75, 3.05) is 0 Å². The van der Waals surface area contributed by atoms with Crippen LogP contribution in [0, 0.1) is 6.92 Å². The number of hydrogen-bond acceptors (Lipinski definition) is 1. The Labute approximate surface area is 64.4 Å². The summed E-state index contributed by atoms with van der Waals surface area (Å²) in [5.74, 6) is 0. The summed E-state index contributed by atoms with van der Waals surface area (Å²) in [4.78, 5) is 8.68. The molecule has 2 heteroatoms. The maximum Gasteiger partial charge on any atom is 0 e. The summed E-state index contributed by atoms with van der Waals surface area (Å²) in [6, 6.07) is 0. The molecule has 0 aromatic carbocycles. The smallest absolute Gasteiger partial charge is 0 e. The number of rotatable bonds is 0. The maximum atomic E-state index is 8.68. The third-order valence-corrected chi connectivity index (χ3v) is 0. The van der Waals surface area contributed by atoms with E-state index in [1.165, 1.54) is 13.2 Å². The van der Waals surface area contributed by atoms with Crippen LogP contribution < -0.4 is 0 Å². The largest absolute Gasteiger partial charge is 0.542 e. The van der Waals surface area contributed by atoms with Crippen LogP contribution in [-0.2, 0) is 37.5 Å². The van der Waals surface area contributed by atoms with Gasteiger partial charge < -0.3 is 11.7 Å². The average Bonchev–Trinajstić information content (AvgIpc) is 1.46. The third-order valence-electron chi connectivity index (χ3n) is 0. The minimum atomic E-state index is 0. The minimum Gasteiger partial charge on any atom is -0.542 e. The van der Waals surface area contributed by atoms with E-state index >= 15 is 0 Å². The summed E-state index contributed by atoms with van der Waals surface area (Å²) >= 11 is 0. The molecule has 0 spiro atoms. The van der Waals surface area contributed by atoms with Gasteiger partial charge in [-0.2, -0.15) is 13.8 Å². The summed E-state index contributed by atoms with van der Waals surface area (Å²) in [6.45, 7) is 6.32. The Morgan fingerprint density at radius 3 is 1.50 bits per heavy atom. The van der Waals surface area contributed by atoms with Crippen LogP contribution in [0.2, 0.25) is 0 Å². The molecule has 0 heterocycles. The van der Waals surface area contributed by atoms with E-state index in [1.54, 1.807) is 6.92 Å². The van der Waals surface area contributed by atoms with Crippen molar-refractivity contribution in [2.45, 2.75) is 13.8 Å². The molecule has 0 saturated heterocycles. The topological polar surface area (TPSA) is 17.1 Å². The molecule has 0 unspecified atom stereocenters. The molecule has 0 atom stereocenters. The zero-order valence-electron chi connectivity index (χ0n) is 4.19. The second kappa shape index (κ2) is 41.8. The van der Waals surface area contributed by atoms with E-state index in [-0.39, 0.29) is 32.7 Å². The zero-order valence-corrected chi connectivity index (χ0v) is 7.03. The van der Waals surface area contributed by atoms with Crippen LogP contribution in [0.15, 0.2) is 0 Å². The molecule has 35 valence electrons. The van der Waals surface area contributed by atoms with Crippen molar-refractivity contribution >= 4 is 6.29 Å². The predicted octanol–water partition coefficient (Wildman–Crippen LogP) is 0.954. The van der Waals surface area contributed by atoms with E-state index in [0.717, 1.165) is 0 Å². The van der Waals surface area contributed by atoms with Gasteiger partial charge in [0.05, 0.1) is 0 Å². The van der Waals surface area contributed by atoms with Crippen LogP contribution in [0.4, 0.5) is 0 Å². The van der Waals surface area contributed by atoms with Crippen molar-refractivity contribution in [3.63, 3.8) is 0 Å². The van der Waals surface area contributed by atoms with Crippen LogP contribution in [0.25, 0.3) is 0 Å². The van der Waals surface area contributed by atoms with Gasteiger partial charge in [-0.05, 0) is 0 Å². The summed E-state index contributed by atoms with van der Waals surface area (Å²) in [5, 5.41) is 0.